The van der Waals surface area contributed by atoms with Gasteiger partial charge in [0.2, 0.25) is 5.52 Å². The van der Waals surface area contributed by atoms with Crippen LogP contribution in [0.4, 0.5) is 0 Å². The number of esters is 1. The van der Waals surface area contributed by atoms with Crippen LogP contribution in [0.1, 0.15) is 16.2 Å². The Morgan fingerprint density at radius 2 is 2.12 bits per heavy atom. The van der Waals surface area contributed by atoms with Crippen molar-refractivity contribution in [1.29, 1.82) is 0 Å². The fourth-order valence-electron chi connectivity index (χ4n) is 1.56. The van der Waals surface area contributed by atoms with Gasteiger partial charge in [0.1, 0.15) is 11.2 Å². The molecule has 0 unspecified atom stereocenters. The number of aryl methyl sites for hydroxylation is 1. The first-order valence-electron chi connectivity index (χ1n) is 4.72. The van der Waals surface area contributed by atoms with Gasteiger partial charge in [-0.1, -0.05) is 12.1 Å². The predicted molar refractivity (Wildman–Crippen MR) is 56.8 cm³/mol. The Bertz CT molecular complexity index is 566. The summed E-state index contributed by atoms with van der Waals surface area (Å²) in [7, 11) is 1.23. The molecule has 82 valence electrons. The van der Waals surface area contributed by atoms with Crippen LogP contribution in [0.2, 0.25) is 0 Å². The van der Waals surface area contributed by atoms with E-state index in [1.165, 1.54) is 7.11 Å². The summed E-state index contributed by atoms with van der Waals surface area (Å²) in [6.45, 7) is 1.60. The Morgan fingerprint density at radius 3 is 2.81 bits per heavy atom. The number of aromatic nitrogens is 2. The second-order valence-corrected chi connectivity index (χ2v) is 3.32. The van der Waals surface area contributed by atoms with Gasteiger partial charge in [0, 0.05) is 6.07 Å². The zero-order valence-electron chi connectivity index (χ0n) is 8.93. The van der Waals surface area contributed by atoms with Gasteiger partial charge in [0.15, 0.2) is 0 Å². The Morgan fingerprint density at radius 1 is 1.44 bits per heavy atom. The Balaban J connectivity index is 2.80. The summed E-state index contributed by atoms with van der Waals surface area (Å²) < 4.78 is 5.11. The normalized spacial score (nSPS) is 10.4. The second-order valence-electron chi connectivity index (χ2n) is 3.32. The number of methoxy groups -OCH3 is 1. The zero-order valence-corrected chi connectivity index (χ0v) is 8.93. The highest BCUT2D eigenvalue weighted by molar-refractivity contribution is 5.88. The number of para-hydroxylation sites is 2. The molecule has 0 aliphatic rings. The minimum absolute atomic E-state index is 0.0683. The van der Waals surface area contributed by atoms with Crippen molar-refractivity contribution in [3.05, 3.63) is 40.9 Å². The van der Waals surface area contributed by atoms with Crippen LogP contribution in [0.5, 0.6) is 0 Å². The van der Waals surface area contributed by atoms with Crippen molar-refractivity contribution in [2.24, 2.45) is 0 Å². The van der Waals surface area contributed by atoms with Crippen LogP contribution in [0.15, 0.2) is 24.3 Å². The van der Waals surface area contributed by atoms with Crippen LogP contribution in [-0.4, -0.2) is 18.1 Å². The molecule has 0 radical (unpaired) electrons. The number of fused-ring (bicyclic) bond motifs is 1. The van der Waals surface area contributed by atoms with E-state index >= 15 is 0 Å². The molecular weight excluding hydrogens is 208 g/mol. The minimum Gasteiger partial charge on any atom is -0.618 e. The van der Waals surface area contributed by atoms with Gasteiger partial charge in [0.25, 0.3) is 0 Å². The van der Waals surface area contributed by atoms with Crippen molar-refractivity contribution >= 4 is 17.0 Å². The van der Waals surface area contributed by atoms with E-state index in [-0.39, 0.29) is 5.69 Å². The maximum atomic E-state index is 11.9. The maximum Gasteiger partial charge on any atom is 0.406 e. The molecule has 16 heavy (non-hydrogen) atoms. The number of nitrogens with zero attached hydrogens (tertiary/aromatic N) is 2. The molecule has 0 aliphatic heterocycles. The first-order chi connectivity index (χ1) is 7.65. The first kappa shape index (κ1) is 10.4. The van der Waals surface area contributed by atoms with Crippen LogP contribution in [0.25, 0.3) is 11.0 Å². The standard InChI is InChI=1S/C11H10N2O3/c1-7-10(11(14)16-2)13(15)9-6-4-3-5-8(9)12-7/h3-6H,1-2H3. The summed E-state index contributed by atoms with van der Waals surface area (Å²) in [5, 5.41) is 11.9. The molecule has 0 atom stereocenters. The van der Waals surface area contributed by atoms with Gasteiger partial charge in [-0.3, -0.25) is 0 Å². The number of carbonyl (C=O) groups is 1. The molecule has 0 saturated heterocycles. The smallest absolute Gasteiger partial charge is 0.406 e. The molecule has 0 N–H and O–H groups in total. The average Bonchev–Trinajstić information content (AvgIpc) is 2.28. The lowest BCUT2D eigenvalue weighted by Crippen LogP contribution is -2.37. The maximum absolute atomic E-state index is 11.9. The van der Waals surface area contributed by atoms with E-state index in [4.69, 9.17) is 0 Å². The predicted octanol–water partition coefficient (Wildman–Crippen LogP) is 0.963. The highest BCUT2D eigenvalue weighted by Crippen LogP contribution is 2.10. The summed E-state index contributed by atoms with van der Waals surface area (Å²) in [4.78, 5) is 15.6. The Labute approximate surface area is 91.9 Å². The van der Waals surface area contributed by atoms with Crippen molar-refractivity contribution in [2.75, 3.05) is 7.11 Å². The van der Waals surface area contributed by atoms with Gasteiger partial charge in [-0.05, 0) is 13.0 Å². The Hall–Kier alpha value is -2.17. The molecule has 5 heteroatoms. The molecule has 0 aliphatic carbocycles. The number of hydrogen-bond acceptors (Lipinski definition) is 4. The van der Waals surface area contributed by atoms with Gasteiger partial charge in [0.05, 0.1) is 7.11 Å². The van der Waals surface area contributed by atoms with Gasteiger partial charge in [-0.25, -0.2) is 9.78 Å². The molecule has 1 heterocycles. The number of benzene rings is 1. The topological polar surface area (TPSA) is 66.1 Å². The number of ether oxygens (including phenoxy) is 1. The summed E-state index contributed by atoms with van der Waals surface area (Å²) >= 11 is 0. The molecule has 1 aromatic carbocycles. The lowest BCUT2D eigenvalue weighted by atomic mass is 10.2. The zero-order chi connectivity index (χ0) is 11.7. The third kappa shape index (κ3) is 1.46. The fraction of sp³-hybridized carbons (Fsp3) is 0.182. The number of rotatable bonds is 1. The SMILES string of the molecule is COC(=O)c1c(C)nc2ccccc2[n+]1[O-]. The average molecular weight is 218 g/mol. The minimum atomic E-state index is -0.675. The highest BCUT2D eigenvalue weighted by Gasteiger charge is 2.23. The third-order valence-corrected chi connectivity index (χ3v) is 2.31. The van der Waals surface area contributed by atoms with Crippen LogP contribution in [0.3, 0.4) is 0 Å². The lowest BCUT2D eigenvalue weighted by Gasteiger charge is -2.07. The van der Waals surface area contributed by atoms with Gasteiger partial charge in [-0.2, -0.15) is 4.73 Å². The van der Waals surface area contributed by atoms with Crippen LogP contribution in [-0.2, 0) is 4.74 Å². The molecule has 1 aromatic heterocycles. The van der Waals surface area contributed by atoms with E-state index in [9.17, 15) is 10.0 Å². The molecule has 5 nitrogen and oxygen atoms in total. The number of carbonyl (C=O) groups excluding carboxylic acids is 1. The molecule has 0 bridgehead atoms. The molecule has 0 fully saturated rings. The molecule has 0 saturated carbocycles. The molecule has 0 spiro atoms. The summed E-state index contributed by atoms with van der Waals surface area (Å²) in [5.74, 6) is -0.675. The molecule has 0 amide bonds. The van der Waals surface area contributed by atoms with Crippen LogP contribution < -0.4 is 4.73 Å². The van der Waals surface area contributed by atoms with Gasteiger partial charge < -0.3 is 9.94 Å². The van der Waals surface area contributed by atoms with Crippen LogP contribution in [0, 0.1) is 12.1 Å². The van der Waals surface area contributed by atoms with Gasteiger partial charge in [-0.15, -0.1) is 0 Å². The largest absolute Gasteiger partial charge is 0.618 e. The Kier molecular flexibility index (Phi) is 2.44. The van der Waals surface area contributed by atoms with E-state index < -0.39 is 5.97 Å². The van der Waals surface area contributed by atoms with Crippen molar-refractivity contribution < 1.29 is 14.3 Å². The monoisotopic (exact) mass is 218 g/mol. The summed E-state index contributed by atoms with van der Waals surface area (Å²) in [5.41, 5.74) is 1.21. The van der Waals surface area contributed by atoms with E-state index in [2.05, 4.69) is 9.72 Å². The summed E-state index contributed by atoms with van der Waals surface area (Å²) in [6.07, 6.45) is 0. The van der Waals surface area contributed by atoms with E-state index in [1.54, 1.807) is 31.2 Å². The third-order valence-electron chi connectivity index (χ3n) is 2.31. The molecule has 2 rings (SSSR count). The molecular formula is C11H10N2O3. The fourth-order valence-corrected chi connectivity index (χ4v) is 1.56. The molecule has 2 aromatic rings. The number of hydrogen-bond donors (Lipinski definition) is 0. The van der Waals surface area contributed by atoms with Crippen molar-refractivity contribution in [3.8, 4) is 0 Å². The quantitative estimate of drug-likeness (QED) is 0.406. The second kappa shape index (κ2) is 3.77. The van der Waals surface area contributed by atoms with Crippen molar-refractivity contribution in [2.45, 2.75) is 6.92 Å². The van der Waals surface area contributed by atoms with E-state index in [0.29, 0.717) is 21.5 Å². The first-order valence-corrected chi connectivity index (χ1v) is 4.72. The van der Waals surface area contributed by atoms with E-state index in [1.807, 2.05) is 0 Å². The highest BCUT2D eigenvalue weighted by atomic mass is 16.5. The van der Waals surface area contributed by atoms with E-state index in [0.717, 1.165) is 0 Å². The van der Waals surface area contributed by atoms with Crippen molar-refractivity contribution in [3.63, 3.8) is 0 Å². The lowest BCUT2D eigenvalue weighted by molar-refractivity contribution is -0.581. The van der Waals surface area contributed by atoms with Gasteiger partial charge >= 0.3 is 11.7 Å². The summed E-state index contributed by atoms with van der Waals surface area (Å²) in [6, 6.07) is 6.83. The van der Waals surface area contributed by atoms with Crippen molar-refractivity contribution in [1.82, 2.24) is 4.98 Å². The van der Waals surface area contributed by atoms with Crippen LogP contribution >= 0.6 is 0 Å².